The Labute approximate surface area is 145 Å². The molecule has 2 heterocycles. The minimum Gasteiger partial charge on any atom is -0.378 e. The summed E-state index contributed by atoms with van der Waals surface area (Å²) in [4.78, 5) is 7.00. The maximum Gasteiger partial charge on any atom is 0.186 e. The minimum atomic E-state index is 0.602. The second-order valence-electron chi connectivity index (χ2n) is 5.54. The second kappa shape index (κ2) is 7.25. The maximum absolute atomic E-state index is 5.40. The van der Waals surface area contributed by atoms with Crippen LogP contribution in [0.25, 0.3) is 10.2 Å². The highest BCUT2D eigenvalue weighted by molar-refractivity contribution is 7.80. The smallest absolute Gasteiger partial charge is 0.186 e. The molecule has 7 heteroatoms. The number of anilines is 2. The van der Waals surface area contributed by atoms with Gasteiger partial charge in [-0.1, -0.05) is 23.5 Å². The summed E-state index contributed by atoms with van der Waals surface area (Å²) in [5.74, 6) is 0. The normalized spacial score (nSPS) is 14.7. The number of rotatable bonds is 4. The van der Waals surface area contributed by atoms with Gasteiger partial charge in [0.25, 0.3) is 0 Å². The Morgan fingerprint density at radius 3 is 2.96 bits per heavy atom. The third kappa shape index (κ3) is 4.19. The van der Waals surface area contributed by atoms with Crippen LogP contribution in [-0.4, -0.2) is 42.9 Å². The summed E-state index contributed by atoms with van der Waals surface area (Å²) in [6.45, 7) is 9.84. The number of thiocarbonyl (C=S) groups is 1. The van der Waals surface area contributed by atoms with E-state index in [0.717, 1.165) is 52.9 Å². The van der Waals surface area contributed by atoms with Crippen LogP contribution in [0.4, 0.5) is 10.8 Å². The fourth-order valence-electron chi connectivity index (χ4n) is 2.29. The van der Waals surface area contributed by atoms with Crippen LogP contribution in [0.2, 0.25) is 0 Å². The number of benzene rings is 1. The van der Waals surface area contributed by atoms with Crippen LogP contribution in [-0.2, 0) is 4.74 Å². The molecule has 2 N–H and O–H groups in total. The van der Waals surface area contributed by atoms with Gasteiger partial charge in [-0.25, -0.2) is 4.98 Å². The molecule has 3 rings (SSSR count). The quantitative estimate of drug-likeness (QED) is 0.654. The molecular weight excluding hydrogens is 328 g/mol. The summed E-state index contributed by atoms with van der Waals surface area (Å²) in [7, 11) is 0. The maximum atomic E-state index is 5.40. The Bertz CT molecular complexity index is 722. The van der Waals surface area contributed by atoms with Crippen molar-refractivity contribution in [1.82, 2.24) is 10.3 Å². The Morgan fingerprint density at radius 1 is 1.43 bits per heavy atom. The SMILES string of the molecule is C=C(C)CNC(=S)Nc1ccc2nc(N3CCOCC3)sc2c1. The van der Waals surface area contributed by atoms with Crippen molar-refractivity contribution in [2.75, 3.05) is 43.1 Å². The lowest BCUT2D eigenvalue weighted by Gasteiger charge is -2.25. The number of fused-ring (bicyclic) bond motifs is 1. The van der Waals surface area contributed by atoms with Crippen molar-refractivity contribution in [2.24, 2.45) is 0 Å². The van der Waals surface area contributed by atoms with Crippen molar-refractivity contribution in [3.8, 4) is 0 Å². The highest BCUT2D eigenvalue weighted by Crippen LogP contribution is 2.31. The van der Waals surface area contributed by atoms with Gasteiger partial charge in [-0.15, -0.1) is 0 Å². The Kier molecular flexibility index (Phi) is 5.09. The van der Waals surface area contributed by atoms with Gasteiger partial charge >= 0.3 is 0 Å². The first-order valence-corrected chi connectivity index (χ1v) is 8.77. The molecule has 1 aromatic heterocycles. The summed E-state index contributed by atoms with van der Waals surface area (Å²) in [5.41, 5.74) is 3.03. The summed E-state index contributed by atoms with van der Waals surface area (Å²) in [6.07, 6.45) is 0. The molecule has 23 heavy (non-hydrogen) atoms. The molecule has 0 spiro atoms. The number of hydrogen-bond donors (Lipinski definition) is 2. The van der Waals surface area contributed by atoms with Crippen LogP contribution in [0.15, 0.2) is 30.4 Å². The van der Waals surface area contributed by atoms with Gasteiger partial charge in [0.1, 0.15) is 0 Å². The molecule has 0 radical (unpaired) electrons. The molecule has 0 atom stereocenters. The van der Waals surface area contributed by atoms with E-state index in [1.165, 1.54) is 0 Å². The molecule has 122 valence electrons. The summed E-state index contributed by atoms with van der Waals surface area (Å²) in [5, 5.41) is 7.99. The molecule has 0 amide bonds. The zero-order valence-electron chi connectivity index (χ0n) is 13.1. The van der Waals surface area contributed by atoms with Crippen molar-refractivity contribution in [3.05, 3.63) is 30.4 Å². The zero-order chi connectivity index (χ0) is 16.2. The molecule has 1 saturated heterocycles. The third-order valence-electron chi connectivity index (χ3n) is 3.47. The van der Waals surface area contributed by atoms with E-state index in [0.29, 0.717) is 11.7 Å². The fraction of sp³-hybridized carbons (Fsp3) is 0.375. The Hall–Kier alpha value is -1.70. The van der Waals surface area contributed by atoms with Crippen LogP contribution < -0.4 is 15.5 Å². The van der Waals surface area contributed by atoms with E-state index in [1.54, 1.807) is 11.3 Å². The van der Waals surface area contributed by atoms with Crippen molar-refractivity contribution in [2.45, 2.75) is 6.92 Å². The lowest BCUT2D eigenvalue weighted by atomic mass is 10.3. The number of hydrogen-bond acceptors (Lipinski definition) is 5. The van der Waals surface area contributed by atoms with Gasteiger partial charge in [-0.05, 0) is 37.3 Å². The Morgan fingerprint density at radius 2 is 2.22 bits per heavy atom. The van der Waals surface area contributed by atoms with E-state index in [9.17, 15) is 0 Å². The Balaban J connectivity index is 1.71. The van der Waals surface area contributed by atoms with E-state index < -0.39 is 0 Å². The molecule has 0 aliphatic carbocycles. The summed E-state index contributed by atoms with van der Waals surface area (Å²) >= 11 is 6.99. The van der Waals surface area contributed by atoms with Crippen molar-refractivity contribution < 1.29 is 4.74 Å². The lowest BCUT2D eigenvalue weighted by Crippen LogP contribution is -2.36. The molecule has 1 fully saturated rings. The van der Waals surface area contributed by atoms with E-state index in [-0.39, 0.29) is 0 Å². The molecular formula is C16H20N4OS2. The van der Waals surface area contributed by atoms with Crippen molar-refractivity contribution in [3.63, 3.8) is 0 Å². The molecule has 0 saturated carbocycles. The van der Waals surface area contributed by atoms with Crippen LogP contribution in [0.3, 0.4) is 0 Å². The topological polar surface area (TPSA) is 49.4 Å². The summed E-state index contributed by atoms with van der Waals surface area (Å²) in [6, 6.07) is 6.12. The van der Waals surface area contributed by atoms with Crippen LogP contribution in [0.5, 0.6) is 0 Å². The first-order chi connectivity index (χ1) is 11.1. The molecule has 2 aromatic rings. The number of nitrogens with one attached hydrogen (secondary N) is 2. The number of morpholine rings is 1. The zero-order valence-corrected chi connectivity index (χ0v) is 14.7. The van der Waals surface area contributed by atoms with Gasteiger partial charge in [0, 0.05) is 25.3 Å². The van der Waals surface area contributed by atoms with Crippen LogP contribution >= 0.6 is 23.6 Å². The lowest BCUT2D eigenvalue weighted by molar-refractivity contribution is 0.122. The van der Waals surface area contributed by atoms with Gasteiger partial charge in [0.05, 0.1) is 23.4 Å². The van der Waals surface area contributed by atoms with E-state index >= 15 is 0 Å². The first kappa shape index (κ1) is 16.2. The van der Waals surface area contributed by atoms with E-state index in [1.807, 2.05) is 19.1 Å². The largest absolute Gasteiger partial charge is 0.378 e. The average molecular weight is 348 g/mol. The standard InChI is InChI=1S/C16H20N4OS2/c1-11(2)10-17-15(22)18-12-3-4-13-14(9-12)23-16(19-13)20-5-7-21-8-6-20/h3-4,9H,1,5-8,10H2,2H3,(H2,17,18,22). The second-order valence-corrected chi connectivity index (χ2v) is 6.96. The van der Waals surface area contributed by atoms with Gasteiger partial charge in [-0.3, -0.25) is 0 Å². The van der Waals surface area contributed by atoms with Crippen molar-refractivity contribution in [1.29, 1.82) is 0 Å². The molecule has 5 nitrogen and oxygen atoms in total. The number of nitrogens with zero attached hydrogens (tertiary/aromatic N) is 2. The molecule has 1 aliphatic heterocycles. The minimum absolute atomic E-state index is 0.602. The molecule has 1 aliphatic rings. The van der Waals surface area contributed by atoms with Gasteiger partial charge in [0.2, 0.25) is 0 Å². The van der Waals surface area contributed by atoms with Gasteiger partial charge in [0.15, 0.2) is 10.2 Å². The predicted molar refractivity (Wildman–Crippen MR) is 102 cm³/mol. The van der Waals surface area contributed by atoms with Crippen LogP contribution in [0, 0.1) is 0 Å². The monoisotopic (exact) mass is 348 g/mol. The number of thiazole rings is 1. The number of ether oxygens (including phenoxy) is 1. The van der Waals surface area contributed by atoms with E-state index in [2.05, 4.69) is 28.2 Å². The molecule has 0 unspecified atom stereocenters. The number of aromatic nitrogens is 1. The van der Waals surface area contributed by atoms with Gasteiger partial charge in [-0.2, -0.15) is 0 Å². The van der Waals surface area contributed by atoms with Crippen LogP contribution in [0.1, 0.15) is 6.92 Å². The van der Waals surface area contributed by atoms with E-state index in [4.69, 9.17) is 21.9 Å². The van der Waals surface area contributed by atoms with Crippen molar-refractivity contribution >= 4 is 49.7 Å². The average Bonchev–Trinajstić information content (AvgIpc) is 2.97. The third-order valence-corrected chi connectivity index (χ3v) is 4.79. The molecule has 0 bridgehead atoms. The molecule has 1 aromatic carbocycles. The predicted octanol–water partition coefficient (Wildman–Crippen LogP) is 3.00. The summed E-state index contributed by atoms with van der Waals surface area (Å²) < 4.78 is 6.55. The van der Waals surface area contributed by atoms with Gasteiger partial charge < -0.3 is 20.3 Å². The first-order valence-electron chi connectivity index (χ1n) is 7.54. The highest BCUT2D eigenvalue weighted by atomic mass is 32.1. The fourth-order valence-corrected chi connectivity index (χ4v) is 3.53. The highest BCUT2D eigenvalue weighted by Gasteiger charge is 2.15.